The van der Waals surface area contributed by atoms with Crippen LogP contribution in [0.2, 0.25) is 13.1 Å². The number of fused-ring (bicyclic) bond motifs is 16. The zero-order chi connectivity index (χ0) is 38.2. The van der Waals surface area contributed by atoms with E-state index in [-0.39, 0.29) is 11.6 Å². The maximum atomic E-state index is 15.1. The predicted molar refractivity (Wildman–Crippen MR) is 232 cm³/mol. The topological polar surface area (TPSA) is 47.3 Å². The highest BCUT2D eigenvalue weighted by Gasteiger charge is 2.52. The summed E-state index contributed by atoms with van der Waals surface area (Å²) in [5.74, 6) is -0.0433. The van der Waals surface area contributed by atoms with Gasteiger partial charge in [-0.05, 0) is 90.3 Å². The molecule has 8 aromatic carbocycles. The second-order valence-electron chi connectivity index (χ2n) is 16.2. The lowest BCUT2D eigenvalue weighted by atomic mass is 9.70. The zero-order valence-corrected chi connectivity index (χ0v) is 32.4. The molecule has 57 heavy (non-hydrogen) atoms. The fourth-order valence-electron chi connectivity index (χ4n) is 10.7. The quantitative estimate of drug-likeness (QED) is 0.133. The minimum absolute atomic E-state index is 0.0449. The molecule has 0 bridgehead atoms. The summed E-state index contributed by atoms with van der Waals surface area (Å²) in [7, 11) is -2.15. The van der Waals surface area contributed by atoms with E-state index in [9.17, 15) is 4.79 Å². The molecule has 0 radical (unpaired) electrons. The molecule has 1 aromatic heterocycles. The van der Waals surface area contributed by atoms with Gasteiger partial charge >= 0.3 is 0 Å². The maximum absolute atomic E-state index is 15.1. The van der Waals surface area contributed by atoms with Gasteiger partial charge in [0.25, 0.3) is 0 Å². The molecule has 12 rings (SSSR count). The predicted octanol–water partition coefficient (Wildman–Crippen LogP) is 11.2. The Labute approximate surface area is 330 Å². The first-order chi connectivity index (χ1) is 27.9. The monoisotopic (exact) mass is 746 g/mol. The highest BCUT2D eigenvalue weighted by atomic mass is 28.3. The number of furan rings is 1. The van der Waals surface area contributed by atoms with Gasteiger partial charge in [-0.25, -0.2) is 0 Å². The average Bonchev–Trinajstić information content (AvgIpc) is 3.95. The minimum atomic E-state index is -2.15. The highest BCUT2D eigenvalue weighted by Crippen LogP contribution is 2.63. The van der Waals surface area contributed by atoms with E-state index in [2.05, 4.69) is 116 Å². The van der Waals surface area contributed by atoms with Crippen molar-refractivity contribution in [1.29, 1.82) is 0 Å². The lowest BCUT2D eigenvalue weighted by Crippen LogP contribution is -2.51. The van der Waals surface area contributed by atoms with Crippen LogP contribution in [0, 0.1) is 0 Å². The molecular weight excluding hydrogens is 713 g/mol. The van der Waals surface area contributed by atoms with E-state index in [1.807, 2.05) is 66.7 Å². The number of carbonyl (C=O) groups is 2. The molecule has 268 valence electrons. The third-order valence-electron chi connectivity index (χ3n) is 13.1. The molecule has 0 saturated carbocycles. The number of para-hydroxylation sites is 2. The summed E-state index contributed by atoms with van der Waals surface area (Å²) in [5.41, 5.74) is 14.6. The van der Waals surface area contributed by atoms with Gasteiger partial charge in [-0.1, -0.05) is 159 Å². The van der Waals surface area contributed by atoms with Gasteiger partial charge in [0.05, 0.1) is 11.0 Å². The van der Waals surface area contributed by atoms with E-state index in [0.29, 0.717) is 22.3 Å². The van der Waals surface area contributed by atoms with Crippen LogP contribution in [0.4, 0.5) is 0 Å². The summed E-state index contributed by atoms with van der Waals surface area (Å²) in [4.78, 5) is 29.8. The SMILES string of the molecule is C[Si]1(C)c2ccccc2-c2cccc(C(=O)c3ccc4c(c3)C3(c5ccccc5-4)c4ccccc4-c4ccc(C(=O)c5cccc6c5oc5ccccc56)cc43)c21. The van der Waals surface area contributed by atoms with Crippen LogP contribution in [0.5, 0.6) is 0 Å². The molecular formula is C53H34O3Si. The second-order valence-corrected chi connectivity index (χ2v) is 20.5. The molecule has 1 aliphatic heterocycles. The zero-order valence-electron chi connectivity index (χ0n) is 31.4. The molecule has 0 amide bonds. The summed E-state index contributed by atoms with van der Waals surface area (Å²) in [6.07, 6.45) is 0. The third-order valence-corrected chi connectivity index (χ3v) is 16.7. The van der Waals surface area contributed by atoms with Gasteiger partial charge in [-0.3, -0.25) is 9.59 Å². The number of rotatable bonds is 4. The number of ketones is 2. The Kier molecular flexibility index (Phi) is 6.44. The largest absolute Gasteiger partial charge is 0.455 e. The molecule has 3 aliphatic rings. The standard InChI is InChI=1S/C53H34O3Si/c1-57(2)48-24-10-6-16-38(48)40-18-12-20-42(52(40)57)50(55)32-26-28-36-34-14-4-8-22-44(34)53(46(36)30-32)43-21-7-3-13-33(43)35-27-25-31(29-45(35)53)49(54)41-19-11-17-39-37-15-5-9-23-47(37)56-51(39)41/h3-30H,1-2H3. The molecule has 2 heterocycles. The van der Waals surface area contributed by atoms with E-state index < -0.39 is 13.5 Å². The van der Waals surface area contributed by atoms with Gasteiger partial charge in [0.2, 0.25) is 0 Å². The van der Waals surface area contributed by atoms with Gasteiger partial charge < -0.3 is 4.42 Å². The van der Waals surface area contributed by atoms with Crippen molar-refractivity contribution in [3.8, 4) is 33.4 Å². The molecule has 3 nitrogen and oxygen atoms in total. The number of hydrogen-bond donors (Lipinski definition) is 0. The summed E-state index contributed by atoms with van der Waals surface area (Å²) >= 11 is 0. The lowest BCUT2D eigenvalue weighted by molar-refractivity contribution is 0.103. The molecule has 4 heteroatoms. The van der Waals surface area contributed by atoms with Gasteiger partial charge in [-0.2, -0.15) is 0 Å². The van der Waals surface area contributed by atoms with Crippen LogP contribution in [0.3, 0.4) is 0 Å². The Morgan fingerprint density at radius 2 is 0.965 bits per heavy atom. The number of carbonyl (C=O) groups excluding carboxylic acids is 2. The van der Waals surface area contributed by atoms with E-state index in [1.165, 1.54) is 21.5 Å². The Morgan fingerprint density at radius 1 is 0.456 bits per heavy atom. The fraction of sp³-hybridized carbons (Fsp3) is 0.0566. The summed E-state index contributed by atoms with van der Waals surface area (Å²) in [6.45, 7) is 4.73. The first-order valence-corrected chi connectivity index (χ1v) is 22.6. The fourth-order valence-corrected chi connectivity index (χ4v) is 14.1. The number of hydrogen-bond acceptors (Lipinski definition) is 3. The normalized spacial score (nSPS) is 16.2. The summed E-state index contributed by atoms with van der Waals surface area (Å²) in [5, 5.41) is 4.51. The van der Waals surface area contributed by atoms with Crippen molar-refractivity contribution in [3.05, 3.63) is 214 Å². The van der Waals surface area contributed by atoms with Gasteiger partial charge in [0, 0.05) is 27.5 Å². The summed E-state index contributed by atoms with van der Waals surface area (Å²) in [6, 6.07) is 58.4. The van der Waals surface area contributed by atoms with Crippen LogP contribution in [0.15, 0.2) is 174 Å². The first-order valence-electron chi connectivity index (χ1n) is 19.6. The van der Waals surface area contributed by atoms with Crippen molar-refractivity contribution < 1.29 is 14.0 Å². The Hall–Kier alpha value is -6.88. The molecule has 1 spiro atoms. The molecule has 9 aromatic rings. The summed E-state index contributed by atoms with van der Waals surface area (Å²) < 4.78 is 6.34. The smallest absolute Gasteiger partial charge is 0.196 e. The van der Waals surface area contributed by atoms with Crippen LogP contribution in [0.25, 0.3) is 55.3 Å². The third kappa shape index (κ3) is 4.10. The van der Waals surface area contributed by atoms with Crippen molar-refractivity contribution in [2.24, 2.45) is 0 Å². The molecule has 2 aliphatic carbocycles. The van der Waals surface area contributed by atoms with Crippen molar-refractivity contribution in [2.45, 2.75) is 18.5 Å². The Bertz CT molecular complexity index is 3260. The molecule has 0 fully saturated rings. The van der Waals surface area contributed by atoms with E-state index in [0.717, 1.165) is 66.4 Å². The molecule has 0 N–H and O–H groups in total. The average molecular weight is 747 g/mol. The second kappa shape index (κ2) is 11.3. The van der Waals surface area contributed by atoms with Gasteiger partial charge in [0.1, 0.15) is 19.2 Å². The van der Waals surface area contributed by atoms with Crippen molar-refractivity contribution in [2.75, 3.05) is 0 Å². The van der Waals surface area contributed by atoms with Crippen LogP contribution in [-0.2, 0) is 5.41 Å². The van der Waals surface area contributed by atoms with Gasteiger partial charge in [0.15, 0.2) is 11.6 Å². The van der Waals surface area contributed by atoms with E-state index in [4.69, 9.17) is 4.42 Å². The molecule has 1 unspecified atom stereocenters. The molecule has 1 atom stereocenters. The van der Waals surface area contributed by atoms with Crippen molar-refractivity contribution in [1.82, 2.24) is 0 Å². The maximum Gasteiger partial charge on any atom is 0.196 e. The van der Waals surface area contributed by atoms with Crippen LogP contribution >= 0.6 is 0 Å². The van der Waals surface area contributed by atoms with Gasteiger partial charge in [-0.15, -0.1) is 0 Å². The van der Waals surface area contributed by atoms with Crippen LogP contribution in [0.1, 0.15) is 54.1 Å². The van der Waals surface area contributed by atoms with Crippen LogP contribution in [-0.4, -0.2) is 19.6 Å². The van der Waals surface area contributed by atoms with Crippen molar-refractivity contribution >= 4 is 52.0 Å². The van der Waals surface area contributed by atoms with Crippen LogP contribution < -0.4 is 10.4 Å². The first kappa shape index (κ1) is 32.4. The molecule has 0 saturated heterocycles. The van der Waals surface area contributed by atoms with E-state index in [1.54, 1.807) is 0 Å². The minimum Gasteiger partial charge on any atom is -0.455 e. The number of benzene rings is 8. The van der Waals surface area contributed by atoms with E-state index >= 15 is 4.79 Å². The lowest BCUT2D eigenvalue weighted by Gasteiger charge is -2.31. The van der Waals surface area contributed by atoms with Crippen molar-refractivity contribution in [3.63, 3.8) is 0 Å². The highest BCUT2D eigenvalue weighted by molar-refractivity contribution is 7.04. The Balaban J connectivity index is 1.06. The Morgan fingerprint density at radius 3 is 1.67 bits per heavy atom.